The van der Waals surface area contributed by atoms with E-state index in [2.05, 4.69) is 0 Å². The molecule has 0 saturated carbocycles. The van der Waals surface area contributed by atoms with Crippen LogP contribution in [0.2, 0.25) is 5.02 Å². The second kappa shape index (κ2) is 8.52. The van der Waals surface area contributed by atoms with Crippen LogP contribution in [0.5, 0.6) is 5.75 Å². The third-order valence-corrected chi connectivity index (χ3v) is 4.87. The van der Waals surface area contributed by atoms with E-state index in [1.165, 1.54) is 12.1 Å². The Labute approximate surface area is 142 Å². The summed E-state index contributed by atoms with van der Waals surface area (Å²) < 4.78 is 45.2. The summed E-state index contributed by atoms with van der Waals surface area (Å²) in [5.74, 6) is 0.647. The van der Waals surface area contributed by atoms with Crippen molar-refractivity contribution in [3.05, 3.63) is 59.6 Å². The maximum Gasteiger partial charge on any atom is 0.411 e. The third kappa shape index (κ3) is 5.68. The lowest BCUT2D eigenvalue weighted by Gasteiger charge is -2.20. The number of hydrogen-bond acceptors (Lipinski definition) is 2. The van der Waals surface area contributed by atoms with Crippen LogP contribution in [0, 0.1) is 0 Å². The molecule has 2 nitrogen and oxygen atoms in total. The van der Waals surface area contributed by atoms with E-state index in [4.69, 9.17) is 16.3 Å². The summed E-state index contributed by atoms with van der Waals surface area (Å²) in [6.45, 7) is 0.329. The first-order valence-electron chi connectivity index (χ1n) is 7.22. The zero-order chi connectivity index (χ0) is 16.7. The van der Waals surface area contributed by atoms with Gasteiger partial charge >= 0.3 is 5.25 Å². The molecule has 2 rings (SSSR count). The van der Waals surface area contributed by atoms with Gasteiger partial charge in [0, 0.05) is 5.02 Å². The zero-order valence-corrected chi connectivity index (χ0v) is 14.0. The van der Waals surface area contributed by atoms with Crippen LogP contribution in [0.25, 0.3) is 0 Å². The van der Waals surface area contributed by atoms with Gasteiger partial charge in [-0.15, -0.1) is 0 Å². The lowest BCUT2D eigenvalue weighted by atomic mass is 10.2. The molecule has 0 aliphatic heterocycles. The van der Waals surface area contributed by atoms with Crippen molar-refractivity contribution >= 4 is 22.8 Å². The van der Waals surface area contributed by atoms with Gasteiger partial charge < -0.3 is 9.29 Å². The summed E-state index contributed by atoms with van der Waals surface area (Å²) in [5, 5.41) is -2.62. The minimum atomic E-state index is -3.23. The summed E-state index contributed by atoms with van der Waals surface area (Å²) in [6.07, 6.45) is 0.266. The molecule has 1 atom stereocenters. The molecule has 2 aromatic rings. The predicted octanol–water partition coefficient (Wildman–Crippen LogP) is 5.29. The molecule has 0 bridgehead atoms. The molecular weight excluding hydrogens is 342 g/mol. The van der Waals surface area contributed by atoms with Gasteiger partial charge in [-0.2, -0.15) is 8.78 Å². The number of unbranched alkanes of at least 4 members (excludes halogenated alkanes) is 1. The molecule has 0 N–H and O–H groups in total. The fraction of sp³-hybridized carbons (Fsp3) is 0.294. The summed E-state index contributed by atoms with van der Waals surface area (Å²) in [5.41, 5.74) is 0. The van der Waals surface area contributed by atoms with Crippen LogP contribution in [0.15, 0.2) is 59.5 Å². The molecule has 0 amide bonds. The third-order valence-electron chi connectivity index (χ3n) is 3.17. The van der Waals surface area contributed by atoms with E-state index in [1.807, 2.05) is 0 Å². The average molecular weight is 359 g/mol. The van der Waals surface area contributed by atoms with Crippen LogP contribution in [0.4, 0.5) is 8.78 Å². The minimum absolute atomic E-state index is 0.148. The molecule has 2 aromatic carbocycles. The SMILES string of the molecule is [O-][S+](c1ccccc1)C(F)(F)CCCCOc1ccc(Cl)cc1. The topological polar surface area (TPSA) is 32.3 Å². The summed E-state index contributed by atoms with van der Waals surface area (Å²) in [7, 11) is 0. The first-order chi connectivity index (χ1) is 11.0. The molecule has 0 aliphatic rings. The Morgan fingerprint density at radius 3 is 2.30 bits per heavy atom. The number of ether oxygens (including phenoxy) is 1. The van der Waals surface area contributed by atoms with Crippen LogP contribution in [0.1, 0.15) is 19.3 Å². The molecule has 0 aromatic heterocycles. The normalized spacial score (nSPS) is 12.9. The van der Waals surface area contributed by atoms with Crippen molar-refractivity contribution in [3.8, 4) is 5.75 Å². The highest BCUT2D eigenvalue weighted by atomic mass is 35.5. The molecule has 23 heavy (non-hydrogen) atoms. The molecule has 0 saturated heterocycles. The van der Waals surface area contributed by atoms with Gasteiger partial charge in [-0.05, 0) is 49.2 Å². The largest absolute Gasteiger partial charge is 0.607 e. The van der Waals surface area contributed by atoms with Crippen molar-refractivity contribution in [3.63, 3.8) is 0 Å². The molecule has 0 heterocycles. The standard InChI is InChI=1S/C17H17ClF2O2S/c18-14-8-10-15(11-9-14)22-13-5-4-12-17(19,20)23(21)16-6-2-1-3-7-16/h1-3,6-11H,4-5,12-13H2. The van der Waals surface area contributed by atoms with Crippen molar-refractivity contribution in [2.24, 2.45) is 0 Å². The molecule has 0 radical (unpaired) electrons. The first kappa shape index (κ1) is 18.0. The van der Waals surface area contributed by atoms with Gasteiger partial charge in [0.2, 0.25) is 0 Å². The van der Waals surface area contributed by atoms with Crippen LogP contribution < -0.4 is 4.74 Å². The number of halogens is 3. The lowest BCUT2D eigenvalue weighted by molar-refractivity contribution is 0.0777. The van der Waals surface area contributed by atoms with E-state index in [1.54, 1.807) is 42.5 Å². The second-order valence-electron chi connectivity index (χ2n) is 4.98. The van der Waals surface area contributed by atoms with E-state index in [9.17, 15) is 13.3 Å². The Hall–Kier alpha value is -1.30. The lowest BCUT2D eigenvalue weighted by Crippen LogP contribution is -2.29. The van der Waals surface area contributed by atoms with E-state index in [0.29, 0.717) is 23.8 Å². The summed E-state index contributed by atoms with van der Waals surface area (Å²) in [4.78, 5) is 0.148. The van der Waals surface area contributed by atoms with Crippen LogP contribution >= 0.6 is 11.6 Å². The predicted molar refractivity (Wildman–Crippen MR) is 88.6 cm³/mol. The highest BCUT2D eigenvalue weighted by Gasteiger charge is 2.43. The second-order valence-corrected chi connectivity index (χ2v) is 7.02. The van der Waals surface area contributed by atoms with E-state index >= 15 is 0 Å². The van der Waals surface area contributed by atoms with E-state index in [0.717, 1.165) is 0 Å². The Morgan fingerprint density at radius 2 is 1.65 bits per heavy atom. The Balaban J connectivity index is 1.73. The van der Waals surface area contributed by atoms with E-state index < -0.39 is 22.9 Å². The maximum absolute atomic E-state index is 13.9. The molecule has 124 valence electrons. The Morgan fingerprint density at radius 1 is 1.00 bits per heavy atom. The monoisotopic (exact) mass is 358 g/mol. The molecule has 0 fully saturated rings. The van der Waals surface area contributed by atoms with Crippen molar-refractivity contribution in [1.29, 1.82) is 0 Å². The van der Waals surface area contributed by atoms with Gasteiger partial charge in [0.1, 0.15) is 5.75 Å². The quantitative estimate of drug-likeness (QED) is 0.474. The first-order valence-corrected chi connectivity index (χ1v) is 8.75. The smallest absolute Gasteiger partial charge is 0.411 e. The van der Waals surface area contributed by atoms with Crippen LogP contribution in [-0.2, 0) is 11.2 Å². The van der Waals surface area contributed by atoms with Crippen molar-refractivity contribution in [2.75, 3.05) is 6.61 Å². The Kier molecular flexibility index (Phi) is 6.69. The molecule has 1 unspecified atom stereocenters. The summed E-state index contributed by atoms with van der Waals surface area (Å²) >= 11 is 3.43. The highest BCUT2D eigenvalue weighted by Crippen LogP contribution is 2.33. The highest BCUT2D eigenvalue weighted by molar-refractivity contribution is 7.92. The van der Waals surface area contributed by atoms with Crippen molar-refractivity contribution < 1.29 is 18.1 Å². The fourth-order valence-electron chi connectivity index (χ4n) is 1.96. The minimum Gasteiger partial charge on any atom is -0.607 e. The van der Waals surface area contributed by atoms with Crippen molar-refractivity contribution in [1.82, 2.24) is 0 Å². The maximum atomic E-state index is 13.9. The molecule has 6 heteroatoms. The number of rotatable bonds is 8. The van der Waals surface area contributed by atoms with Gasteiger partial charge in [-0.1, -0.05) is 29.8 Å². The van der Waals surface area contributed by atoms with Gasteiger partial charge in [-0.3, -0.25) is 0 Å². The van der Waals surface area contributed by atoms with Crippen LogP contribution in [-0.4, -0.2) is 16.4 Å². The fourth-order valence-corrected chi connectivity index (χ4v) is 3.17. The molecule has 0 spiro atoms. The van der Waals surface area contributed by atoms with Crippen LogP contribution in [0.3, 0.4) is 0 Å². The number of alkyl halides is 2. The number of benzene rings is 2. The zero-order valence-electron chi connectivity index (χ0n) is 12.4. The van der Waals surface area contributed by atoms with Gasteiger partial charge in [-0.25, -0.2) is 0 Å². The van der Waals surface area contributed by atoms with Gasteiger partial charge in [0.05, 0.1) is 24.2 Å². The average Bonchev–Trinajstić information content (AvgIpc) is 2.56. The van der Waals surface area contributed by atoms with E-state index in [-0.39, 0.29) is 11.3 Å². The van der Waals surface area contributed by atoms with Gasteiger partial charge in [0.25, 0.3) is 0 Å². The Bertz CT molecular complexity index is 593. The molecule has 0 aliphatic carbocycles. The summed E-state index contributed by atoms with van der Waals surface area (Å²) in [6, 6.07) is 14.7. The number of hydrogen-bond donors (Lipinski definition) is 0. The molecular formula is C17H17ClF2O2S. The van der Waals surface area contributed by atoms with Crippen molar-refractivity contribution in [2.45, 2.75) is 29.4 Å². The van der Waals surface area contributed by atoms with Gasteiger partial charge in [0.15, 0.2) is 4.90 Å².